The lowest BCUT2D eigenvalue weighted by Gasteiger charge is -2.27. The number of benzene rings is 1. The summed E-state index contributed by atoms with van der Waals surface area (Å²) in [5.41, 5.74) is 2.39. The molecule has 1 aromatic carbocycles. The van der Waals surface area contributed by atoms with Crippen LogP contribution in [0.15, 0.2) is 36.4 Å². The van der Waals surface area contributed by atoms with Gasteiger partial charge in [-0.1, -0.05) is 12.1 Å². The van der Waals surface area contributed by atoms with Gasteiger partial charge < -0.3 is 20.3 Å². The molecule has 1 aromatic heterocycles. The van der Waals surface area contributed by atoms with Crippen molar-refractivity contribution in [1.82, 2.24) is 20.4 Å². The highest BCUT2D eigenvalue weighted by molar-refractivity contribution is 5.95. The Bertz CT molecular complexity index is 988. The van der Waals surface area contributed by atoms with Crippen LogP contribution in [-0.2, 0) is 4.74 Å². The average molecular weight is 462 g/mol. The van der Waals surface area contributed by atoms with Crippen LogP contribution in [0.1, 0.15) is 48.9 Å². The number of anilines is 1. The first-order valence-electron chi connectivity index (χ1n) is 13.0. The van der Waals surface area contributed by atoms with Gasteiger partial charge in [-0.15, -0.1) is 10.2 Å². The molecule has 4 aliphatic rings. The van der Waals surface area contributed by atoms with E-state index < -0.39 is 0 Å². The lowest BCUT2D eigenvalue weighted by Crippen LogP contribution is -2.32. The van der Waals surface area contributed by atoms with Crippen molar-refractivity contribution in [3.05, 3.63) is 42.0 Å². The molecule has 7 nitrogen and oxygen atoms in total. The minimum Gasteiger partial charge on any atom is -0.381 e. The van der Waals surface area contributed by atoms with Crippen molar-refractivity contribution in [1.29, 1.82) is 0 Å². The molecule has 2 aliphatic carbocycles. The number of nitrogens with zero attached hydrogens (tertiary/aromatic N) is 3. The number of carbonyl (C=O) groups excluding carboxylic acids is 1. The molecule has 0 bridgehead atoms. The Labute approximate surface area is 201 Å². The number of hydrogen-bond donors (Lipinski definition) is 2. The van der Waals surface area contributed by atoms with Crippen molar-refractivity contribution in [2.24, 2.45) is 17.8 Å². The first kappa shape index (κ1) is 22.0. The van der Waals surface area contributed by atoms with Crippen LogP contribution in [0, 0.1) is 17.8 Å². The number of ether oxygens (including phenoxy) is 1. The summed E-state index contributed by atoms with van der Waals surface area (Å²) in [6.07, 6.45) is 7.06. The van der Waals surface area contributed by atoms with E-state index in [9.17, 15) is 4.79 Å². The Morgan fingerprint density at radius 2 is 1.76 bits per heavy atom. The molecule has 0 spiro atoms. The van der Waals surface area contributed by atoms with Crippen molar-refractivity contribution >= 4 is 11.7 Å². The third-order valence-electron chi connectivity index (χ3n) is 8.03. The SMILES string of the molecule is O=C(NC1CC1)c1cccc(-c2ccc(NC3CC4CN(CC5CCOCC5)C[C@H]4C3)nn2)c1. The van der Waals surface area contributed by atoms with Gasteiger partial charge in [0.05, 0.1) is 5.69 Å². The van der Waals surface area contributed by atoms with Gasteiger partial charge in [0.15, 0.2) is 0 Å². The van der Waals surface area contributed by atoms with Crippen molar-refractivity contribution < 1.29 is 9.53 Å². The maximum atomic E-state index is 12.4. The summed E-state index contributed by atoms with van der Waals surface area (Å²) in [6.45, 7) is 5.63. The minimum absolute atomic E-state index is 0.00583. The molecule has 3 heterocycles. The van der Waals surface area contributed by atoms with Gasteiger partial charge in [-0.2, -0.15) is 0 Å². The first-order chi connectivity index (χ1) is 16.7. The van der Waals surface area contributed by atoms with Crippen LogP contribution in [0.25, 0.3) is 11.3 Å². The monoisotopic (exact) mass is 461 g/mol. The summed E-state index contributed by atoms with van der Waals surface area (Å²) in [7, 11) is 0. The molecule has 1 amide bonds. The van der Waals surface area contributed by atoms with Crippen LogP contribution in [0.5, 0.6) is 0 Å². The maximum Gasteiger partial charge on any atom is 0.251 e. The number of amides is 1. The van der Waals surface area contributed by atoms with Crippen LogP contribution in [0.4, 0.5) is 5.82 Å². The number of likely N-dealkylation sites (tertiary alicyclic amines) is 1. The number of hydrogen-bond acceptors (Lipinski definition) is 6. The van der Waals surface area contributed by atoms with Crippen LogP contribution < -0.4 is 10.6 Å². The molecule has 2 N–H and O–H groups in total. The van der Waals surface area contributed by atoms with Crippen LogP contribution in [-0.4, -0.2) is 65.9 Å². The van der Waals surface area contributed by atoms with E-state index in [1.54, 1.807) is 0 Å². The molecule has 2 unspecified atom stereocenters. The van der Waals surface area contributed by atoms with Crippen LogP contribution in [0.3, 0.4) is 0 Å². The average Bonchev–Trinajstić information content (AvgIpc) is 3.49. The van der Waals surface area contributed by atoms with Crippen LogP contribution >= 0.6 is 0 Å². The lowest BCUT2D eigenvalue weighted by molar-refractivity contribution is 0.0545. The molecule has 6 rings (SSSR count). The number of fused-ring (bicyclic) bond motifs is 1. The maximum absolute atomic E-state index is 12.4. The van der Waals surface area contributed by atoms with E-state index in [1.807, 2.05) is 36.4 Å². The zero-order valence-electron chi connectivity index (χ0n) is 19.8. The molecular formula is C27H35N5O2. The van der Waals surface area contributed by atoms with E-state index >= 15 is 0 Å². The molecular weight excluding hydrogens is 426 g/mol. The fraction of sp³-hybridized carbons (Fsp3) is 0.593. The minimum atomic E-state index is -0.00583. The summed E-state index contributed by atoms with van der Waals surface area (Å²) >= 11 is 0. The Hall–Kier alpha value is -2.51. The molecule has 2 saturated heterocycles. The number of nitrogens with one attached hydrogen (secondary N) is 2. The third-order valence-corrected chi connectivity index (χ3v) is 8.03. The summed E-state index contributed by atoms with van der Waals surface area (Å²) in [6, 6.07) is 12.5. The van der Waals surface area contributed by atoms with Gasteiger partial charge in [-0.05, 0) is 80.5 Å². The highest BCUT2D eigenvalue weighted by Crippen LogP contribution is 2.39. The molecule has 2 aliphatic heterocycles. The number of rotatable bonds is 7. The van der Waals surface area contributed by atoms with Crippen molar-refractivity contribution in [2.45, 2.75) is 50.6 Å². The first-order valence-corrected chi connectivity index (χ1v) is 13.0. The molecule has 4 fully saturated rings. The second-order valence-electron chi connectivity index (χ2n) is 10.7. The van der Waals surface area contributed by atoms with Gasteiger partial charge in [0.1, 0.15) is 5.82 Å². The Balaban J connectivity index is 1.01. The zero-order chi connectivity index (χ0) is 22.9. The van der Waals surface area contributed by atoms with E-state index in [0.29, 0.717) is 17.6 Å². The van der Waals surface area contributed by atoms with Crippen molar-refractivity contribution in [2.75, 3.05) is 38.2 Å². The quantitative estimate of drug-likeness (QED) is 0.656. The molecule has 0 radical (unpaired) electrons. The van der Waals surface area contributed by atoms with E-state index in [4.69, 9.17) is 4.74 Å². The predicted molar refractivity (Wildman–Crippen MR) is 132 cm³/mol. The topological polar surface area (TPSA) is 79.4 Å². The summed E-state index contributed by atoms with van der Waals surface area (Å²) in [5.74, 6) is 3.26. The van der Waals surface area contributed by atoms with Gasteiger partial charge in [0.25, 0.3) is 5.91 Å². The van der Waals surface area contributed by atoms with E-state index in [2.05, 4.69) is 25.7 Å². The van der Waals surface area contributed by atoms with Crippen molar-refractivity contribution in [3.8, 4) is 11.3 Å². The van der Waals surface area contributed by atoms with Crippen LogP contribution in [0.2, 0.25) is 0 Å². The highest BCUT2D eigenvalue weighted by Gasteiger charge is 2.41. The molecule has 180 valence electrons. The van der Waals surface area contributed by atoms with Gasteiger partial charge >= 0.3 is 0 Å². The highest BCUT2D eigenvalue weighted by atomic mass is 16.5. The second-order valence-corrected chi connectivity index (χ2v) is 10.7. The number of aromatic nitrogens is 2. The largest absolute Gasteiger partial charge is 0.381 e. The summed E-state index contributed by atoms with van der Waals surface area (Å²) in [4.78, 5) is 15.1. The van der Waals surface area contributed by atoms with E-state index in [0.717, 1.165) is 60.9 Å². The lowest BCUT2D eigenvalue weighted by atomic mass is 10.00. The zero-order valence-corrected chi connectivity index (χ0v) is 19.8. The fourth-order valence-electron chi connectivity index (χ4n) is 6.05. The predicted octanol–water partition coefficient (Wildman–Crippen LogP) is 3.58. The Morgan fingerprint density at radius 3 is 2.47 bits per heavy atom. The standard InChI is InChI=1S/C27H35N5O2/c33-27(29-23-4-5-23)20-3-1-2-19(12-20)25-6-7-26(31-30-25)28-24-13-21-16-32(17-22(21)14-24)15-18-8-10-34-11-9-18/h1-3,6-7,12,18,21-24H,4-5,8-11,13-17H2,(H,28,31)(H,29,33)/t21-,22?,24?/m1/s1. The van der Waals surface area contributed by atoms with E-state index in [-0.39, 0.29) is 5.91 Å². The van der Waals surface area contributed by atoms with Crippen molar-refractivity contribution in [3.63, 3.8) is 0 Å². The van der Waals surface area contributed by atoms with Gasteiger partial charge in [-0.3, -0.25) is 4.79 Å². The molecule has 7 heteroatoms. The Kier molecular flexibility index (Phi) is 6.22. The van der Waals surface area contributed by atoms with Gasteiger partial charge in [0, 0.05) is 56.1 Å². The second kappa shape index (κ2) is 9.62. The van der Waals surface area contributed by atoms with E-state index in [1.165, 1.54) is 45.3 Å². The molecule has 2 saturated carbocycles. The summed E-state index contributed by atoms with van der Waals surface area (Å²) in [5, 5.41) is 15.6. The van der Waals surface area contributed by atoms with Gasteiger partial charge in [-0.25, -0.2) is 0 Å². The molecule has 3 atom stereocenters. The summed E-state index contributed by atoms with van der Waals surface area (Å²) < 4.78 is 5.52. The normalized spacial score (nSPS) is 27.5. The molecule has 2 aromatic rings. The number of carbonyl (C=O) groups is 1. The Morgan fingerprint density at radius 1 is 0.971 bits per heavy atom. The third kappa shape index (κ3) is 5.10. The smallest absolute Gasteiger partial charge is 0.251 e. The fourth-order valence-corrected chi connectivity index (χ4v) is 6.05. The molecule has 34 heavy (non-hydrogen) atoms. The van der Waals surface area contributed by atoms with Gasteiger partial charge in [0.2, 0.25) is 0 Å².